The summed E-state index contributed by atoms with van der Waals surface area (Å²) in [5, 5.41) is 10.1. The summed E-state index contributed by atoms with van der Waals surface area (Å²) in [5.74, 6) is 0.110. The van der Waals surface area contributed by atoms with Crippen LogP contribution in [0.25, 0.3) is 0 Å². The van der Waals surface area contributed by atoms with Gasteiger partial charge in [0.05, 0.1) is 12.7 Å². The van der Waals surface area contributed by atoms with Crippen LogP contribution in [0.5, 0.6) is 5.75 Å². The van der Waals surface area contributed by atoms with Crippen molar-refractivity contribution in [3.8, 4) is 5.75 Å². The summed E-state index contributed by atoms with van der Waals surface area (Å²) in [6.45, 7) is 1.21. The molecule has 0 radical (unpaired) electrons. The van der Waals surface area contributed by atoms with Gasteiger partial charge in [-0.25, -0.2) is 4.39 Å². The van der Waals surface area contributed by atoms with Crippen molar-refractivity contribution < 1.29 is 19.0 Å². The van der Waals surface area contributed by atoms with Crippen molar-refractivity contribution in [1.82, 2.24) is 0 Å². The van der Waals surface area contributed by atoms with Gasteiger partial charge in [0, 0.05) is 24.7 Å². The summed E-state index contributed by atoms with van der Waals surface area (Å²) < 4.78 is 24.5. The molecule has 92 valence electrons. The number of aliphatic hydroxyl groups excluding tert-OH is 1. The Kier molecular flexibility index (Phi) is 2.56. The van der Waals surface area contributed by atoms with E-state index in [-0.39, 0.29) is 5.82 Å². The minimum absolute atomic E-state index is 0.343. The van der Waals surface area contributed by atoms with Crippen LogP contribution in [0.1, 0.15) is 30.9 Å². The molecule has 3 rings (SSSR count). The Balaban J connectivity index is 1.95. The Bertz CT molecular complexity index is 427. The summed E-state index contributed by atoms with van der Waals surface area (Å²) in [6.07, 6.45) is 1.68. The molecule has 2 aliphatic rings. The zero-order chi connectivity index (χ0) is 11.9. The SMILES string of the molecule is O[C@@H]1CC2(CCCOC2)Oc2cc(F)ccc21. The number of benzene rings is 1. The van der Waals surface area contributed by atoms with Gasteiger partial charge in [-0.2, -0.15) is 0 Å². The lowest BCUT2D eigenvalue weighted by atomic mass is 9.85. The Morgan fingerprint density at radius 2 is 2.29 bits per heavy atom. The summed E-state index contributed by atoms with van der Waals surface area (Å²) in [7, 11) is 0. The number of ether oxygens (including phenoxy) is 2. The zero-order valence-electron chi connectivity index (χ0n) is 9.49. The standard InChI is InChI=1S/C13H15FO3/c14-9-2-3-10-11(15)7-13(17-12(10)6-9)4-1-5-16-8-13/h2-3,6,11,15H,1,4-5,7-8H2/t11-,13?/m1/s1. The van der Waals surface area contributed by atoms with Gasteiger partial charge < -0.3 is 14.6 Å². The topological polar surface area (TPSA) is 38.7 Å². The van der Waals surface area contributed by atoms with Gasteiger partial charge in [-0.1, -0.05) is 0 Å². The van der Waals surface area contributed by atoms with Crippen LogP contribution in [0.4, 0.5) is 4.39 Å². The molecule has 0 aromatic heterocycles. The lowest BCUT2D eigenvalue weighted by molar-refractivity contribution is -0.103. The van der Waals surface area contributed by atoms with E-state index in [1.165, 1.54) is 12.1 Å². The molecule has 2 heterocycles. The van der Waals surface area contributed by atoms with Crippen molar-refractivity contribution in [2.45, 2.75) is 31.0 Å². The second-order valence-electron chi connectivity index (χ2n) is 4.84. The Labute approximate surface area is 99.2 Å². The van der Waals surface area contributed by atoms with Crippen LogP contribution in [0, 0.1) is 5.82 Å². The van der Waals surface area contributed by atoms with Gasteiger partial charge in [0.1, 0.15) is 17.2 Å². The fraction of sp³-hybridized carbons (Fsp3) is 0.538. The summed E-state index contributed by atoms with van der Waals surface area (Å²) >= 11 is 0. The quantitative estimate of drug-likeness (QED) is 0.753. The number of hydrogen-bond donors (Lipinski definition) is 1. The second-order valence-corrected chi connectivity index (χ2v) is 4.84. The van der Waals surface area contributed by atoms with E-state index in [9.17, 15) is 9.50 Å². The minimum atomic E-state index is -0.596. The maximum Gasteiger partial charge on any atom is 0.135 e. The van der Waals surface area contributed by atoms with E-state index in [2.05, 4.69) is 0 Å². The molecule has 1 aromatic rings. The number of halogens is 1. The molecule has 4 heteroatoms. The van der Waals surface area contributed by atoms with E-state index in [1.54, 1.807) is 6.07 Å². The Morgan fingerprint density at radius 1 is 1.41 bits per heavy atom. The van der Waals surface area contributed by atoms with Gasteiger partial charge in [-0.15, -0.1) is 0 Å². The first kappa shape index (κ1) is 11.0. The molecule has 0 amide bonds. The van der Waals surface area contributed by atoms with E-state index < -0.39 is 11.7 Å². The van der Waals surface area contributed by atoms with Gasteiger partial charge in [0.25, 0.3) is 0 Å². The zero-order valence-corrected chi connectivity index (χ0v) is 9.49. The van der Waals surface area contributed by atoms with Crippen LogP contribution < -0.4 is 4.74 Å². The van der Waals surface area contributed by atoms with Crippen LogP contribution in [-0.4, -0.2) is 23.9 Å². The Morgan fingerprint density at radius 3 is 3.06 bits per heavy atom. The van der Waals surface area contributed by atoms with Crippen LogP contribution in [0.3, 0.4) is 0 Å². The van der Waals surface area contributed by atoms with E-state index in [4.69, 9.17) is 9.47 Å². The molecule has 1 N–H and O–H groups in total. The number of hydrogen-bond acceptors (Lipinski definition) is 3. The monoisotopic (exact) mass is 238 g/mol. The number of rotatable bonds is 0. The molecule has 2 atom stereocenters. The summed E-state index contributed by atoms with van der Waals surface area (Å²) in [4.78, 5) is 0. The number of aliphatic hydroxyl groups is 1. The molecule has 1 unspecified atom stereocenters. The van der Waals surface area contributed by atoms with Gasteiger partial charge in [0.15, 0.2) is 0 Å². The Hall–Kier alpha value is -1.13. The summed E-state index contributed by atoms with van der Waals surface area (Å²) in [5.41, 5.74) is 0.195. The van der Waals surface area contributed by atoms with E-state index >= 15 is 0 Å². The molecule has 3 nitrogen and oxygen atoms in total. The van der Waals surface area contributed by atoms with E-state index in [0.717, 1.165) is 19.4 Å². The third-order valence-electron chi connectivity index (χ3n) is 3.51. The molecule has 1 spiro atoms. The first-order valence-corrected chi connectivity index (χ1v) is 5.93. The molecule has 2 aliphatic heterocycles. The molecular formula is C13H15FO3. The highest BCUT2D eigenvalue weighted by molar-refractivity contribution is 5.38. The maximum atomic E-state index is 13.2. The molecule has 1 aromatic carbocycles. The third kappa shape index (κ3) is 1.91. The molecule has 1 fully saturated rings. The van der Waals surface area contributed by atoms with Crippen LogP contribution in [0.15, 0.2) is 18.2 Å². The molecule has 0 aliphatic carbocycles. The predicted molar refractivity (Wildman–Crippen MR) is 59.4 cm³/mol. The van der Waals surface area contributed by atoms with Crippen molar-refractivity contribution >= 4 is 0 Å². The van der Waals surface area contributed by atoms with Gasteiger partial charge in [0.2, 0.25) is 0 Å². The summed E-state index contributed by atoms with van der Waals surface area (Å²) in [6, 6.07) is 4.28. The molecule has 1 saturated heterocycles. The molecule has 0 saturated carbocycles. The van der Waals surface area contributed by atoms with Crippen molar-refractivity contribution in [3.63, 3.8) is 0 Å². The van der Waals surface area contributed by atoms with Crippen LogP contribution >= 0.6 is 0 Å². The smallest absolute Gasteiger partial charge is 0.135 e. The van der Waals surface area contributed by atoms with Crippen molar-refractivity contribution in [2.24, 2.45) is 0 Å². The molecular weight excluding hydrogens is 223 g/mol. The first-order valence-electron chi connectivity index (χ1n) is 5.93. The molecule has 0 bridgehead atoms. The van der Waals surface area contributed by atoms with Gasteiger partial charge in [-0.3, -0.25) is 0 Å². The number of fused-ring (bicyclic) bond motifs is 1. The minimum Gasteiger partial charge on any atom is -0.484 e. The largest absolute Gasteiger partial charge is 0.484 e. The highest BCUT2D eigenvalue weighted by atomic mass is 19.1. The van der Waals surface area contributed by atoms with E-state index in [1.807, 2.05) is 0 Å². The van der Waals surface area contributed by atoms with E-state index in [0.29, 0.717) is 24.3 Å². The normalized spacial score (nSPS) is 32.0. The second kappa shape index (κ2) is 3.96. The van der Waals surface area contributed by atoms with Crippen molar-refractivity contribution in [1.29, 1.82) is 0 Å². The average molecular weight is 238 g/mol. The fourth-order valence-corrected chi connectivity index (χ4v) is 2.68. The van der Waals surface area contributed by atoms with Gasteiger partial charge in [-0.05, 0) is 25.0 Å². The fourth-order valence-electron chi connectivity index (χ4n) is 2.68. The lowest BCUT2D eigenvalue weighted by Gasteiger charge is -2.42. The maximum absolute atomic E-state index is 13.2. The first-order chi connectivity index (χ1) is 8.19. The van der Waals surface area contributed by atoms with Crippen molar-refractivity contribution in [2.75, 3.05) is 13.2 Å². The molecule has 17 heavy (non-hydrogen) atoms. The van der Waals surface area contributed by atoms with Gasteiger partial charge >= 0.3 is 0 Å². The van der Waals surface area contributed by atoms with Crippen LogP contribution in [0.2, 0.25) is 0 Å². The highest BCUT2D eigenvalue weighted by Crippen LogP contribution is 2.43. The van der Waals surface area contributed by atoms with Crippen LogP contribution in [-0.2, 0) is 4.74 Å². The average Bonchev–Trinajstić information content (AvgIpc) is 2.29. The lowest BCUT2D eigenvalue weighted by Crippen LogP contribution is -2.47. The predicted octanol–water partition coefficient (Wildman–Crippen LogP) is 2.19. The third-order valence-corrected chi connectivity index (χ3v) is 3.51. The highest BCUT2D eigenvalue weighted by Gasteiger charge is 2.42. The van der Waals surface area contributed by atoms with Crippen molar-refractivity contribution in [3.05, 3.63) is 29.6 Å².